The molecule has 1 aromatic carbocycles. The molecule has 2 aromatic rings. The zero-order chi connectivity index (χ0) is 9.80. The molecule has 0 spiro atoms. The summed E-state index contributed by atoms with van der Waals surface area (Å²) in [7, 11) is 1.68. The zero-order valence-electron chi connectivity index (χ0n) is 8.16. The van der Waals surface area contributed by atoms with Crippen LogP contribution in [0, 0.1) is 0 Å². The minimum absolute atomic E-state index is 0.855. The summed E-state index contributed by atoms with van der Waals surface area (Å²) in [6, 6.07) is 12.4. The Kier molecular flexibility index (Phi) is 2.54. The van der Waals surface area contributed by atoms with Crippen LogP contribution in [0.25, 0.3) is 0 Å². The molecule has 2 nitrogen and oxygen atoms in total. The van der Waals surface area contributed by atoms with Crippen molar-refractivity contribution < 1.29 is 4.74 Å². The number of rotatable bonds is 3. The van der Waals surface area contributed by atoms with Crippen molar-refractivity contribution in [1.29, 1.82) is 0 Å². The van der Waals surface area contributed by atoms with Gasteiger partial charge in [-0.2, -0.15) is 0 Å². The van der Waals surface area contributed by atoms with Crippen molar-refractivity contribution in [3.8, 4) is 5.88 Å². The third kappa shape index (κ3) is 1.79. The third-order valence-corrected chi connectivity index (χ3v) is 2.23. The fourth-order valence-corrected chi connectivity index (χ4v) is 1.53. The van der Waals surface area contributed by atoms with Gasteiger partial charge in [-0.15, -0.1) is 0 Å². The molecule has 2 heteroatoms. The number of methoxy groups -OCH3 is 1. The lowest BCUT2D eigenvalue weighted by Crippen LogP contribution is -1.90. The molecule has 0 aliphatic rings. The van der Waals surface area contributed by atoms with Crippen molar-refractivity contribution in [3.05, 3.63) is 53.7 Å². The van der Waals surface area contributed by atoms with Crippen molar-refractivity contribution in [1.82, 2.24) is 4.98 Å². The second kappa shape index (κ2) is 4.01. The van der Waals surface area contributed by atoms with E-state index in [0.29, 0.717) is 0 Å². The molecule has 0 saturated carbocycles. The molecule has 0 aliphatic carbocycles. The molecule has 0 bridgehead atoms. The maximum absolute atomic E-state index is 5.20. The van der Waals surface area contributed by atoms with E-state index < -0.39 is 0 Å². The summed E-state index contributed by atoms with van der Waals surface area (Å²) < 4.78 is 5.20. The van der Waals surface area contributed by atoms with Gasteiger partial charge >= 0.3 is 0 Å². The summed E-state index contributed by atoms with van der Waals surface area (Å²) in [6.07, 6.45) is 2.81. The fraction of sp³-hybridized carbons (Fsp3) is 0.167. The third-order valence-electron chi connectivity index (χ3n) is 2.23. The molecule has 1 N–H and O–H groups in total. The number of hydrogen-bond acceptors (Lipinski definition) is 1. The highest BCUT2D eigenvalue weighted by atomic mass is 16.5. The van der Waals surface area contributed by atoms with Crippen LogP contribution in [0.4, 0.5) is 0 Å². The van der Waals surface area contributed by atoms with Crippen molar-refractivity contribution in [2.24, 2.45) is 0 Å². The average Bonchev–Trinajstić information content (AvgIpc) is 2.67. The number of H-pyrrole nitrogens is 1. The predicted molar refractivity (Wildman–Crippen MR) is 56.6 cm³/mol. The van der Waals surface area contributed by atoms with Crippen LogP contribution in [0.1, 0.15) is 11.1 Å². The van der Waals surface area contributed by atoms with Gasteiger partial charge in [0.1, 0.15) is 0 Å². The molecular weight excluding hydrogens is 174 g/mol. The average molecular weight is 187 g/mol. The topological polar surface area (TPSA) is 25.0 Å². The number of aromatic amines is 1. The number of ether oxygens (including phenoxy) is 1. The summed E-state index contributed by atoms with van der Waals surface area (Å²) in [5, 5.41) is 0. The molecule has 0 fully saturated rings. The molecule has 2 rings (SSSR count). The van der Waals surface area contributed by atoms with Crippen molar-refractivity contribution in [2.45, 2.75) is 6.42 Å². The number of benzene rings is 1. The molecule has 0 radical (unpaired) electrons. The van der Waals surface area contributed by atoms with Crippen LogP contribution >= 0.6 is 0 Å². The Morgan fingerprint density at radius 3 is 2.64 bits per heavy atom. The molecule has 0 atom stereocenters. The predicted octanol–water partition coefficient (Wildman–Crippen LogP) is 2.61. The lowest BCUT2D eigenvalue weighted by Gasteiger charge is -2.02. The second-order valence-corrected chi connectivity index (χ2v) is 3.20. The molecule has 1 heterocycles. The van der Waals surface area contributed by atoms with E-state index in [1.807, 2.05) is 18.3 Å². The van der Waals surface area contributed by atoms with E-state index in [2.05, 4.69) is 29.2 Å². The first-order chi connectivity index (χ1) is 6.90. The Labute approximate surface area is 83.5 Å². The van der Waals surface area contributed by atoms with Gasteiger partial charge in [-0.3, -0.25) is 0 Å². The fourth-order valence-electron chi connectivity index (χ4n) is 1.53. The monoisotopic (exact) mass is 187 g/mol. The van der Waals surface area contributed by atoms with Gasteiger partial charge in [-0.05, 0) is 11.6 Å². The SMILES string of the molecule is COc1[nH]ccc1Cc1ccccc1. The molecule has 1 aromatic heterocycles. The van der Waals surface area contributed by atoms with Gasteiger partial charge in [0.15, 0.2) is 5.88 Å². The minimum Gasteiger partial charge on any atom is -0.482 e. The van der Waals surface area contributed by atoms with Crippen LogP contribution in [0.5, 0.6) is 5.88 Å². The number of nitrogens with one attached hydrogen (secondary N) is 1. The maximum Gasteiger partial charge on any atom is 0.194 e. The van der Waals surface area contributed by atoms with E-state index in [0.717, 1.165) is 12.3 Å². The summed E-state index contributed by atoms with van der Waals surface area (Å²) in [4.78, 5) is 3.05. The van der Waals surface area contributed by atoms with E-state index in [4.69, 9.17) is 4.74 Å². The summed E-state index contributed by atoms with van der Waals surface area (Å²) in [6.45, 7) is 0. The highest BCUT2D eigenvalue weighted by Gasteiger charge is 2.03. The van der Waals surface area contributed by atoms with Gasteiger partial charge in [-0.1, -0.05) is 30.3 Å². The van der Waals surface area contributed by atoms with Crippen LogP contribution < -0.4 is 4.74 Å². The first kappa shape index (κ1) is 8.88. The van der Waals surface area contributed by atoms with E-state index in [1.54, 1.807) is 7.11 Å². The van der Waals surface area contributed by atoms with Gasteiger partial charge in [0, 0.05) is 18.2 Å². The molecular formula is C12H13NO. The van der Waals surface area contributed by atoms with E-state index >= 15 is 0 Å². The van der Waals surface area contributed by atoms with Crippen molar-refractivity contribution in [3.63, 3.8) is 0 Å². The van der Waals surface area contributed by atoms with Gasteiger partial charge < -0.3 is 9.72 Å². The molecule has 0 aliphatic heterocycles. The smallest absolute Gasteiger partial charge is 0.194 e. The van der Waals surface area contributed by atoms with Gasteiger partial charge in [0.05, 0.1) is 7.11 Å². The first-order valence-electron chi connectivity index (χ1n) is 4.64. The molecule has 72 valence electrons. The lowest BCUT2D eigenvalue weighted by molar-refractivity contribution is 0.396. The van der Waals surface area contributed by atoms with E-state index in [-0.39, 0.29) is 0 Å². The Morgan fingerprint density at radius 1 is 1.14 bits per heavy atom. The van der Waals surface area contributed by atoms with E-state index in [9.17, 15) is 0 Å². The van der Waals surface area contributed by atoms with Crippen LogP contribution in [-0.2, 0) is 6.42 Å². The highest BCUT2D eigenvalue weighted by Crippen LogP contribution is 2.18. The minimum atomic E-state index is 0.855. The van der Waals surface area contributed by atoms with Gasteiger partial charge in [-0.25, -0.2) is 0 Å². The molecule has 0 saturated heterocycles. The number of hydrogen-bond donors (Lipinski definition) is 1. The Hall–Kier alpha value is -1.70. The zero-order valence-corrected chi connectivity index (χ0v) is 8.16. The maximum atomic E-state index is 5.20. The van der Waals surface area contributed by atoms with Crippen LogP contribution in [0.3, 0.4) is 0 Å². The summed E-state index contributed by atoms with van der Waals surface area (Å²) >= 11 is 0. The summed E-state index contributed by atoms with van der Waals surface area (Å²) in [5.41, 5.74) is 2.49. The first-order valence-corrected chi connectivity index (χ1v) is 4.64. The second-order valence-electron chi connectivity index (χ2n) is 3.20. The molecule has 14 heavy (non-hydrogen) atoms. The molecule has 0 amide bonds. The van der Waals surface area contributed by atoms with Crippen LogP contribution in [0.2, 0.25) is 0 Å². The Morgan fingerprint density at radius 2 is 1.93 bits per heavy atom. The van der Waals surface area contributed by atoms with Gasteiger partial charge in [0.25, 0.3) is 0 Å². The highest BCUT2D eigenvalue weighted by molar-refractivity contribution is 5.32. The summed E-state index contributed by atoms with van der Waals surface area (Å²) in [5.74, 6) is 0.855. The Balaban J connectivity index is 2.19. The largest absolute Gasteiger partial charge is 0.482 e. The van der Waals surface area contributed by atoms with Gasteiger partial charge in [0.2, 0.25) is 0 Å². The van der Waals surface area contributed by atoms with Crippen molar-refractivity contribution >= 4 is 0 Å². The normalized spacial score (nSPS) is 10.1. The van der Waals surface area contributed by atoms with Crippen molar-refractivity contribution in [2.75, 3.05) is 7.11 Å². The Bertz CT molecular complexity index is 392. The lowest BCUT2D eigenvalue weighted by atomic mass is 10.1. The number of aromatic nitrogens is 1. The standard InChI is InChI=1S/C12H13NO/c1-14-12-11(7-8-13-12)9-10-5-3-2-4-6-10/h2-8,13H,9H2,1H3. The van der Waals surface area contributed by atoms with Crippen LogP contribution in [0.15, 0.2) is 42.6 Å². The van der Waals surface area contributed by atoms with Crippen LogP contribution in [-0.4, -0.2) is 12.1 Å². The molecule has 0 unspecified atom stereocenters. The quantitative estimate of drug-likeness (QED) is 0.785. The van der Waals surface area contributed by atoms with E-state index in [1.165, 1.54) is 11.1 Å².